The van der Waals surface area contributed by atoms with E-state index >= 15 is 0 Å². The molecule has 0 aromatic carbocycles. The predicted octanol–water partition coefficient (Wildman–Crippen LogP) is 1.84. The van der Waals surface area contributed by atoms with Gasteiger partial charge in [0.1, 0.15) is 0 Å². The molecule has 110 valence electrons. The highest BCUT2D eigenvalue weighted by Crippen LogP contribution is 2.20. The Morgan fingerprint density at radius 1 is 1.26 bits per heavy atom. The molecule has 0 aromatic rings. The van der Waals surface area contributed by atoms with Gasteiger partial charge in [-0.25, -0.2) is 4.79 Å². The van der Waals surface area contributed by atoms with Crippen molar-refractivity contribution < 1.29 is 19.5 Å². The van der Waals surface area contributed by atoms with Gasteiger partial charge in [0.05, 0.1) is 5.41 Å². The topological polar surface area (TPSA) is 86.7 Å². The van der Waals surface area contributed by atoms with Gasteiger partial charge in [0.2, 0.25) is 5.91 Å². The SMILES string of the molecule is CCC(C)N(CC)C(=O)NC(=O)CC(C)(C)C(=O)O. The number of nitrogens with one attached hydrogen (secondary N) is 1. The monoisotopic (exact) mass is 272 g/mol. The average molecular weight is 272 g/mol. The number of carbonyl (C=O) groups excluding carboxylic acids is 2. The van der Waals surface area contributed by atoms with Gasteiger partial charge < -0.3 is 10.0 Å². The molecule has 19 heavy (non-hydrogen) atoms. The van der Waals surface area contributed by atoms with Crippen LogP contribution in [0.5, 0.6) is 0 Å². The summed E-state index contributed by atoms with van der Waals surface area (Å²) in [4.78, 5) is 36.0. The number of urea groups is 1. The highest BCUT2D eigenvalue weighted by atomic mass is 16.4. The van der Waals surface area contributed by atoms with Crippen molar-refractivity contribution in [1.82, 2.24) is 10.2 Å². The summed E-state index contributed by atoms with van der Waals surface area (Å²) >= 11 is 0. The maximum Gasteiger partial charge on any atom is 0.324 e. The number of imide groups is 1. The highest BCUT2D eigenvalue weighted by molar-refractivity contribution is 5.96. The summed E-state index contributed by atoms with van der Waals surface area (Å²) in [7, 11) is 0. The first-order chi connectivity index (χ1) is 8.65. The van der Waals surface area contributed by atoms with Crippen LogP contribution >= 0.6 is 0 Å². The maximum atomic E-state index is 11.9. The van der Waals surface area contributed by atoms with Crippen molar-refractivity contribution in [1.29, 1.82) is 0 Å². The van der Waals surface area contributed by atoms with Crippen LogP contribution in [0.2, 0.25) is 0 Å². The standard InChI is InChI=1S/C13H24N2O4/c1-6-9(3)15(7-2)12(19)14-10(16)8-13(4,5)11(17)18/h9H,6-8H2,1-5H3,(H,17,18)(H,14,16,19). The van der Waals surface area contributed by atoms with Crippen molar-refractivity contribution in [2.75, 3.05) is 6.54 Å². The third-order valence-corrected chi connectivity index (χ3v) is 3.15. The second-order valence-corrected chi connectivity index (χ2v) is 5.26. The van der Waals surface area contributed by atoms with Gasteiger partial charge in [-0.05, 0) is 34.1 Å². The van der Waals surface area contributed by atoms with E-state index in [4.69, 9.17) is 5.11 Å². The zero-order valence-electron chi connectivity index (χ0n) is 12.3. The normalized spacial score (nSPS) is 12.7. The number of hydrogen-bond acceptors (Lipinski definition) is 3. The third-order valence-electron chi connectivity index (χ3n) is 3.15. The summed E-state index contributed by atoms with van der Waals surface area (Å²) < 4.78 is 0. The minimum absolute atomic E-state index is 0.0327. The van der Waals surface area contributed by atoms with Crippen molar-refractivity contribution in [3.05, 3.63) is 0 Å². The van der Waals surface area contributed by atoms with Gasteiger partial charge >= 0.3 is 12.0 Å². The van der Waals surface area contributed by atoms with Gasteiger partial charge in [0, 0.05) is 19.0 Å². The van der Waals surface area contributed by atoms with Gasteiger partial charge in [0.25, 0.3) is 0 Å². The Balaban J connectivity index is 4.56. The van der Waals surface area contributed by atoms with Crippen molar-refractivity contribution in [3.63, 3.8) is 0 Å². The highest BCUT2D eigenvalue weighted by Gasteiger charge is 2.31. The van der Waals surface area contributed by atoms with Crippen LogP contribution in [0, 0.1) is 5.41 Å². The molecule has 0 aliphatic carbocycles. The van der Waals surface area contributed by atoms with E-state index in [1.807, 2.05) is 20.8 Å². The third kappa shape index (κ3) is 5.28. The van der Waals surface area contributed by atoms with Crippen LogP contribution in [-0.4, -0.2) is 40.5 Å². The summed E-state index contributed by atoms with van der Waals surface area (Å²) in [5, 5.41) is 11.2. The molecule has 6 heteroatoms. The quantitative estimate of drug-likeness (QED) is 0.772. The molecule has 0 radical (unpaired) electrons. The summed E-state index contributed by atoms with van der Waals surface area (Å²) in [6.07, 6.45) is 0.558. The van der Waals surface area contributed by atoms with Gasteiger partial charge in [-0.3, -0.25) is 14.9 Å². The Bertz CT molecular complexity index is 353. The Kier molecular flexibility index (Phi) is 6.52. The number of amides is 3. The number of carboxylic acid groups (broad SMARTS) is 1. The van der Waals surface area contributed by atoms with Crippen LogP contribution in [0.3, 0.4) is 0 Å². The number of rotatable bonds is 6. The van der Waals surface area contributed by atoms with Crippen LogP contribution in [0.1, 0.15) is 47.5 Å². The first-order valence-corrected chi connectivity index (χ1v) is 6.49. The molecule has 0 aliphatic heterocycles. The number of nitrogens with zero attached hydrogens (tertiary/aromatic N) is 1. The lowest BCUT2D eigenvalue weighted by molar-refractivity contribution is -0.149. The molecule has 0 rings (SSSR count). The van der Waals surface area contributed by atoms with Crippen molar-refractivity contribution in [3.8, 4) is 0 Å². The average Bonchev–Trinajstić information content (AvgIpc) is 2.28. The molecule has 0 spiro atoms. The zero-order chi connectivity index (χ0) is 15.2. The Labute approximate surface area is 114 Å². The predicted molar refractivity (Wildman–Crippen MR) is 71.7 cm³/mol. The molecular weight excluding hydrogens is 248 g/mol. The van der Waals surface area contributed by atoms with E-state index in [1.54, 1.807) is 4.90 Å². The fourth-order valence-electron chi connectivity index (χ4n) is 1.59. The zero-order valence-corrected chi connectivity index (χ0v) is 12.3. The lowest BCUT2D eigenvalue weighted by Crippen LogP contribution is -2.47. The fraction of sp³-hybridized carbons (Fsp3) is 0.769. The molecule has 0 saturated carbocycles. The van der Waals surface area contributed by atoms with Gasteiger partial charge in [-0.1, -0.05) is 6.92 Å². The van der Waals surface area contributed by atoms with E-state index in [-0.39, 0.29) is 12.5 Å². The molecule has 0 fully saturated rings. The summed E-state index contributed by atoms with van der Waals surface area (Å²) in [6.45, 7) is 9.08. The van der Waals surface area contributed by atoms with Gasteiger partial charge in [-0.15, -0.1) is 0 Å². The van der Waals surface area contributed by atoms with Crippen molar-refractivity contribution >= 4 is 17.9 Å². The van der Waals surface area contributed by atoms with E-state index in [0.29, 0.717) is 6.54 Å². The number of aliphatic carboxylic acids is 1. The maximum absolute atomic E-state index is 11.9. The smallest absolute Gasteiger partial charge is 0.324 e. The molecule has 1 unspecified atom stereocenters. The van der Waals surface area contributed by atoms with Crippen LogP contribution in [-0.2, 0) is 9.59 Å². The first-order valence-electron chi connectivity index (χ1n) is 6.49. The molecule has 3 amide bonds. The van der Waals surface area contributed by atoms with Crippen LogP contribution in [0.4, 0.5) is 4.79 Å². The molecule has 6 nitrogen and oxygen atoms in total. The van der Waals surface area contributed by atoms with Crippen LogP contribution < -0.4 is 5.32 Å². The Hall–Kier alpha value is -1.59. The van der Waals surface area contributed by atoms with Crippen LogP contribution in [0.25, 0.3) is 0 Å². The lowest BCUT2D eigenvalue weighted by atomic mass is 9.89. The molecule has 0 saturated heterocycles. The van der Waals surface area contributed by atoms with Gasteiger partial charge in [-0.2, -0.15) is 0 Å². The number of carbonyl (C=O) groups is 3. The van der Waals surface area contributed by atoms with E-state index < -0.39 is 23.3 Å². The molecule has 0 bridgehead atoms. The van der Waals surface area contributed by atoms with E-state index in [0.717, 1.165) is 6.42 Å². The number of carboxylic acids is 1. The molecule has 0 aliphatic rings. The Morgan fingerprint density at radius 3 is 2.16 bits per heavy atom. The molecule has 2 N–H and O–H groups in total. The second kappa shape index (κ2) is 7.11. The van der Waals surface area contributed by atoms with Crippen molar-refractivity contribution in [2.24, 2.45) is 5.41 Å². The molecule has 0 aromatic heterocycles. The van der Waals surface area contributed by atoms with Gasteiger partial charge in [0.15, 0.2) is 0 Å². The van der Waals surface area contributed by atoms with E-state index in [2.05, 4.69) is 5.32 Å². The fourth-order valence-corrected chi connectivity index (χ4v) is 1.59. The lowest BCUT2D eigenvalue weighted by Gasteiger charge is -2.27. The Morgan fingerprint density at radius 2 is 1.79 bits per heavy atom. The minimum Gasteiger partial charge on any atom is -0.481 e. The van der Waals surface area contributed by atoms with E-state index in [9.17, 15) is 14.4 Å². The summed E-state index contributed by atoms with van der Waals surface area (Å²) in [5.74, 6) is -1.64. The summed E-state index contributed by atoms with van der Waals surface area (Å²) in [5.41, 5.74) is -1.18. The molecule has 0 heterocycles. The molecular formula is C13H24N2O4. The first kappa shape index (κ1) is 17.4. The number of hydrogen-bond donors (Lipinski definition) is 2. The minimum atomic E-state index is -1.18. The van der Waals surface area contributed by atoms with E-state index in [1.165, 1.54) is 13.8 Å². The van der Waals surface area contributed by atoms with Crippen LogP contribution in [0.15, 0.2) is 0 Å². The second-order valence-electron chi connectivity index (χ2n) is 5.26. The summed E-state index contributed by atoms with van der Waals surface area (Å²) in [6, 6.07) is -0.437. The van der Waals surface area contributed by atoms with Crippen molar-refractivity contribution in [2.45, 2.75) is 53.5 Å². The molecule has 1 atom stereocenters. The largest absolute Gasteiger partial charge is 0.481 e.